The van der Waals surface area contributed by atoms with Gasteiger partial charge in [0.25, 0.3) is 17.7 Å². The molecule has 0 saturated heterocycles. The maximum absolute atomic E-state index is 12.4. The average molecular weight is 478 g/mol. The van der Waals surface area contributed by atoms with Crippen LogP contribution in [0.1, 0.15) is 17.3 Å². The summed E-state index contributed by atoms with van der Waals surface area (Å²) in [6, 6.07) is 9.80. The summed E-state index contributed by atoms with van der Waals surface area (Å²) in [5, 5.41) is 0. The van der Waals surface area contributed by atoms with Crippen LogP contribution < -0.4 is 30.0 Å². The average Bonchev–Trinajstić information content (AvgIpc) is 2.74. The van der Waals surface area contributed by atoms with Crippen molar-refractivity contribution < 1.29 is 28.6 Å². The molecule has 1 aliphatic heterocycles. The minimum Gasteiger partial charge on any atom is -0.493 e. The Balaban J connectivity index is 1.62. The van der Waals surface area contributed by atoms with Crippen LogP contribution in [0.15, 0.2) is 40.9 Å². The molecule has 1 aliphatic rings. The predicted octanol–water partition coefficient (Wildman–Crippen LogP) is 2.04. The van der Waals surface area contributed by atoms with Crippen molar-refractivity contribution >= 4 is 39.3 Å². The summed E-state index contributed by atoms with van der Waals surface area (Å²) in [6.07, 6.45) is 0. The Bertz CT molecular complexity index is 981. The van der Waals surface area contributed by atoms with Gasteiger partial charge in [-0.25, -0.2) is 0 Å². The first-order chi connectivity index (χ1) is 14.4. The number of hydrogen-bond acceptors (Lipinski definition) is 6. The number of anilines is 1. The van der Waals surface area contributed by atoms with Crippen molar-refractivity contribution in [2.24, 2.45) is 0 Å². The lowest BCUT2D eigenvalue weighted by Gasteiger charge is -2.28. The van der Waals surface area contributed by atoms with Crippen LogP contribution >= 0.6 is 15.9 Å². The molecule has 0 fully saturated rings. The number of carbonyl (C=O) groups is 3. The summed E-state index contributed by atoms with van der Waals surface area (Å²) in [7, 11) is 1.47. The van der Waals surface area contributed by atoms with Crippen molar-refractivity contribution in [3.63, 3.8) is 0 Å². The van der Waals surface area contributed by atoms with E-state index in [1.165, 1.54) is 18.1 Å². The first-order valence-corrected chi connectivity index (χ1v) is 9.85. The molecule has 2 N–H and O–H groups in total. The SMILES string of the molecule is CCOc1ccc(C(=O)NNC(=O)CN2C(=O)COc3cc(Br)ccc32)cc1OC. The zero-order valence-corrected chi connectivity index (χ0v) is 17.9. The third kappa shape index (κ3) is 4.82. The Hall–Kier alpha value is -3.27. The molecule has 3 rings (SSSR count). The highest BCUT2D eigenvalue weighted by Crippen LogP contribution is 2.34. The number of methoxy groups -OCH3 is 1. The van der Waals surface area contributed by atoms with E-state index in [4.69, 9.17) is 14.2 Å². The second kappa shape index (κ2) is 9.49. The molecule has 0 aliphatic carbocycles. The second-order valence-corrected chi connectivity index (χ2v) is 7.10. The lowest BCUT2D eigenvalue weighted by Crippen LogP contribution is -2.49. The van der Waals surface area contributed by atoms with Crippen molar-refractivity contribution in [3.05, 3.63) is 46.4 Å². The van der Waals surface area contributed by atoms with Crippen LogP contribution in [-0.4, -0.2) is 44.6 Å². The molecule has 0 spiro atoms. The van der Waals surface area contributed by atoms with E-state index in [-0.39, 0.29) is 24.6 Å². The first kappa shape index (κ1) is 21.4. The van der Waals surface area contributed by atoms with Gasteiger partial charge < -0.3 is 14.2 Å². The summed E-state index contributed by atoms with van der Waals surface area (Å²) in [6.45, 7) is 1.85. The highest BCUT2D eigenvalue weighted by atomic mass is 79.9. The Morgan fingerprint density at radius 2 is 1.97 bits per heavy atom. The van der Waals surface area contributed by atoms with Gasteiger partial charge in [-0.15, -0.1) is 0 Å². The summed E-state index contributed by atoms with van der Waals surface area (Å²) in [5.74, 6) is -0.0632. The van der Waals surface area contributed by atoms with Crippen LogP contribution in [0.2, 0.25) is 0 Å². The van der Waals surface area contributed by atoms with Crippen LogP contribution in [0.25, 0.3) is 0 Å². The van der Waals surface area contributed by atoms with Crippen molar-refractivity contribution in [1.82, 2.24) is 10.9 Å². The fourth-order valence-electron chi connectivity index (χ4n) is 2.82. The number of benzene rings is 2. The van der Waals surface area contributed by atoms with E-state index in [2.05, 4.69) is 26.8 Å². The highest BCUT2D eigenvalue weighted by molar-refractivity contribution is 9.10. The van der Waals surface area contributed by atoms with Gasteiger partial charge in [0.1, 0.15) is 12.3 Å². The number of nitrogens with zero attached hydrogens (tertiary/aromatic N) is 1. The quantitative estimate of drug-likeness (QED) is 0.616. The molecular formula is C20H20BrN3O6. The molecule has 0 aromatic heterocycles. The number of halogens is 1. The van der Waals surface area contributed by atoms with Crippen molar-refractivity contribution in [1.29, 1.82) is 0 Å². The zero-order chi connectivity index (χ0) is 21.7. The smallest absolute Gasteiger partial charge is 0.269 e. The topological polar surface area (TPSA) is 106 Å². The molecule has 30 heavy (non-hydrogen) atoms. The Kier molecular flexibility index (Phi) is 6.78. The molecule has 10 heteroatoms. The van der Waals surface area contributed by atoms with E-state index >= 15 is 0 Å². The number of hydrazine groups is 1. The van der Waals surface area contributed by atoms with Gasteiger partial charge in [0.2, 0.25) is 0 Å². The van der Waals surface area contributed by atoms with Gasteiger partial charge >= 0.3 is 0 Å². The number of rotatable bonds is 6. The third-order valence-electron chi connectivity index (χ3n) is 4.21. The maximum atomic E-state index is 12.4. The fraction of sp³-hybridized carbons (Fsp3) is 0.250. The predicted molar refractivity (Wildman–Crippen MR) is 112 cm³/mol. The summed E-state index contributed by atoms with van der Waals surface area (Å²) in [5.41, 5.74) is 5.39. The number of hydrogen-bond donors (Lipinski definition) is 2. The molecule has 2 aromatic rings. The van der Waals surface area contributed by atoms with Crippen molar-refractivity contribution in [2.45, 2.75) is 6.92 Å². The third-order valence-corrected chi connectivity index (χ3v) is 4.70. The number of fused-ring (bicyclic) bond motifs is 1. The summed E-state index contributed by atoms with van der Waals surface area (Å²) in [4.78, 5) is 38.2. The van der Waals surface area contributed by atoms with E-state index < -0.39 is 11.8 Å². The molecule has 0 bridgehead atoms. The van der Waals surface area contributed by atoms with Crippen LogP contribution in [0.4, 0.5) is 5.69 Å². The van der Waals surface area contributed by atoms with E-state index in [1.807, 2.05) is 6.92 Å². The fourth-order valence-corrected chi connectivity index (χ4v) is 3.16. The second-order valence-electron chi connectivity index (χ2n) is 6.18. The molecular weight excluding hydrogens is 458 g/mol. The zero-order valence-electron chi connectivity index (χ0n) is 16.4. The van der Waals surface area contributed by atoms with E-state index in [0.717, 1.165) is 4.47 Å². The Morgan fingerprint density at radius 3 is 2.70 bits per heavy atom. The minimum absolute atomic E-state index is 0.172. The van der Waals surface area contributed by atoms with E-state index in [1.54, 1.807) is 30.3 Å². The number of nitrogens with one attached hydrogen (secondary N) is 2. The molecule has 0 unspecified atom stereocenters. The molecule has 9 nitrogen and oxygen atoms in total. The Labute approximate surface area is 181 Å². The molecule has 1 heterocycles. The van der Waals surface area contributed by atoms with Crippen molar-refractivity contribution in [3.8, 4) is 17.2 Å². The number of ether oxygens (including phenoxy) is 3. The lowest BCUT2D eigenvalue weighted by molar-refractivity contribution is -0.125. The minimum atomic E-state index is -0.564. The number of amides is 3. The van der Waals surface area contributed by atoms with Crippen LogP contribution in [0.5, 0.6) is 17.2 Å². The maximum Gasteiger partial charge on any atom is 0.269 e. The first-order valence-electron chi connectivity index (χ1n) is 9.05. The largest absolute Gasteiger partial charge is 0.493 e. The normalized spacial score (nSPS) is 12.5. The van der Waals surface area contributed by atoms with E-state index in [0.29, 0.717) is 29.5 Å². The molecule has 0 radical (unpaired) electrons. The monoisotopic (exact) mass is 477 g/mol. The van der Waals surface area contributed by atoms with Gasteiger partial charge in [-0.3, -0.25) is 30.1 Å². The number of carbonyl (C=O) groups excluding carboxylic acids is 3. The van der Waals surface area contributed by atoms with Crippen LogP contribution in [0.3, 0.4) is 0 Å². The van der Waals surface area contributed by atoms with Gasteiger partial charge in [0.15, 0.2) is 18.1 Å². The Morgan fingerprint density at radius 1 is 1.17 bits per heavy atom. The molecule has 0 saturated carbocycles. The lowest BCUT2D eigenvalue weighted by atomic mass is 10.2. The molecule has 158 valence electrons. The highest BCUT2D eigenvalue weighted by Gasteiger charge is 2.27. The van der Waals surface area contributed by atoms with Gasteiger partial charge in [-0.1, -0.05) is 15.9 Å². The molecule has 0 atom stereocenters. The van der Waals surface area contributed by atoms with Crippen LogP contribution in [0, 0.1) is 0 Å². The van der Waals surface area contributed by atoms with Gasteiger partial charge in [0.05, 0.1) is 19.4 Å². The van der Waals surface area contributed by atoms with Crippen molar-refractivity contribution in [2.75, 3.05) is 31.8 Å². The molecule has 2 aromatic carbocycles. The summed E-state index contributed by atoms with van der Waals surface area (Å²) >= 11 is 3.34. The standard InChI is InChI=1S/C20H20BrN3O6/c1-3-29-15-7-4-12(8-17(15)28-2)20(27)23-22-18(25)10-24-14-6-5-13(21)9-16(14)30-11-19(24)26/h4-9H,3,10-11H2,1-2H3,(H,22,25)(H,23,27). The van der Waals surface area contributed by atoms with E-state index in [9.17, 15) is 14.4 Å². The summed E-state index contributed by atoms with van der Waals surface area (Å²) < 4.78 is 16.8. The molecule has 3 amide bonds. The van der Waals surface area contributed by atoms with Crippen LogP contribution in [-0.2, 0) is 9.59 Å². The van der Waals surface area contributed by atoms with Gasteiger partial charge in [0, 0.05) is 10.0 Å². The van der Waals surface area contributed by atoms with Gasteiger partial charge in [-0.2, -0.15) is 0 Å². The van der Waals surface area contributed by atoms with Gasteiger partial charge in [-0.05, 0) is 43.3 Å².